The van der Waals surface area contributed by atoms with Crippen LogP contribution in [0.15, 0.2) is 18.2 Å². The fourth-order valence-corrected chi connectivity index (χ4v) is 5.28. The van der Waals surface area contributed by atoms with Gasteiger partial charge in [-0.25, -0.2) is 0 Å². The number of hydrogen-bond donors (Lipinski definition) is 3. The summed E-state index contributed by atoms with van der Waals surface area (Å²) in [6.45, 7) is 3.40. The van der Waals surface area contributed by atoms with Crippen LogP contribution in [-0.4, -0.2) is 47.8 Å². The molecule has 2 saturated heterocycles. The van der Waals surface area contributed by atoms with E-state index in [0.717, 1.165) is 30.8 Å². The molecule has 1 saturated carbocycles. The monoisotopic (exact) mass is 382 g/mol. The second kappa shape index (κ2) is 6.67. The van der Waals surface area contributed by atoms with Crippen molar-refractivity contribution in [2.75, 3.05) is 13.1 Å². The fourth-order valence-electron chi connectivity index (χ4n) is 5.28. The molecule has 7 heteroatoms. The summed E-state index contributed by atoms with van der Waals surface area (Å²) in [5, 5.41) is 9.48. The highest BCUT2D eigenvalue weighted by atomic mass is 16.2. The van der Waals surface area contributed by atoms with E-state index < -0.39 is 6.04 Å². The summed E-state index contributed by atoms with van der Waals surface area (Å²) < 4.78 is 0. The van der Waals surface area contributed by atoms with Gasteiger partial charge in [-0.1, -0.05) is 18.6 Å². The molecule has 2 atom stereocenters. The molecule has 1 aromatic rings. The smallest absolute Gasteiger partial charge is 0.255 e. The molecule has 3 amide bonds. The van der Waals surface area contributed by atoms with Crippen molar-refractivity contribution in [3.63, 3.8) is 0 Å². The quantitative estimate of drug-likeness (QED) is 0.667. The zero-order valence-electron chi connectivity index (χ0n) is 15.9. The molecular weight excluding hydrogens is 356 g/mol. The van der Waals surface area contributed by atoms with Crippen molar-refractivity contribution in [3.05, 3.63) is 34.9 Å². The largest absolute Gasteiger partial charge is 0.322 e. The Morgan fingerprint density at radius 2 is 2.04 bits per heavy atom. The van der Waals surface area contributed by atoms with Crippen LogP contribution in [0.2, 0.25) is 0 Å². The van der Waals surface area contributed by atoms with E-state index in [9.17, 15) is 14.4 Å². The van der Waals surface area contributed by atoms with Crippen LogP contribution < -0.4 is 16.0 Å². The van der Waals surface area contributed by atoms with Gasteiger partial charge >= 0.3 is 0 Å². The maximum atomic E-state index is 12.9. The number of amides is 3. The summed E-state index contributed by atoms with van der Waals surface area (Å²) in [7, 11) is 0. The van der Waals surface area contributed by atoms with Gasteiger partial charge in [-0.2, -0.15) is 0 Å². The molecular formula is C21H26N4O3. The molecule has 28 heavy (non-hydrogen) atoms. The molecule has 1 spiro atoms. The van der Waals surface area contributed by atoms with Crippen LogP contribution in [0, 0.1) is 5.41 Å². The first-order valence-electron chi connectivity index (χ1n) is 10.3. The molecule has 2 unspecified atom stereocenters. The number of nitrogens with zero attached hydrogens (tertiary/aromatic N) is 1. The van der Waals surface area contributed by atoms with Gasteiger partial charge in [0.1, 0.15) is 6.04 Å². The number of carbonyl (C=O) groups excluding carboxylic acids is 3. The lowest BCUT2D eigenvalue weighted by Crippen LogP contribution is -2.60. The number of fused-ring (bicyclic) bond motifs is 1. The van der Waals surface area contributed by atoms with Crippen molar-refractivity contribution < 1.29 is 14.4 Å². The maximum absolute atomic E-state index is 12.9. The molecule has 148 valence electrons. The molecule has 4 aliphatic rings. The van der Waals surface area contributed by atoms with Crippen molar-refractivity contribution in [2.45, 2.75) is 57.3 Å². The SMILES string of the molecule is O=C1CCC(N2Cc3ccc(CNC4CCCC45CNC5)cc3C2=O)C(=O)N1. The highest BCUT2D eigenvalue weighted by Crippen LogP contribution is 2.41. The predicted molar refractivity (Wildman–Crippen MR) is 102 cm³/mol. The van der Waals surface area contributed by atoms with Crippen LogP contribution in [0.25, 0.3) is 0 Å². The second-order valence-corrected chi connectivity index (χ2v) is 8.68. The first-order valence-corrected chi connectivity index (χ1v) is 10.3. The number of nitrogens with one attached hydrogen (secondary N) is 3. The number of hydrogen-bond acceptors (Lipinski definition) is 5. The van der Waals surface area contributed by atoms with Gasteiger partial charge in [0.2, 0.25) is 11.8 Å². The van der Waals surface area contributed by atoms with E-state index in [1.54, 1.807) is 4.90 Å². The van der Waals surface area contributed by atoms with Crippen molar-refractivity contribution in [3.8, 4) is 0 Å². The lowest BCUT2D eigenvalue weighted by atomic mass is 9.77. The van der Waals surface area contributed by atoms with Gasteiger partial charge in [-0.15, -0.1) is 0 Å². The Hall–Kier alpha value is -2.25. The molecule has 3 fully saturated rings. The van der Waals surface area contributed by atoms with Gasteiger partial charge in [0, 0.05) is 49.6 Å². The Kier molecular flexibility index (Phi) is 4.25. The Morgan fingerprint density at radius 3 is 2.79 bits per heavy atom. The van der Waals surface area contributed by atoms with Crippen molar-refractivity contribution in [1.82, 2.24) is 20.9 Å². The van der Waals surface area contributed by atoms with Crippen LogP contribution >= 0.6 is 0 Å². The number of carbonyl (C=O) groups is 3. The van der Waals surface area contributed by atoms with Gasteiger partial charge in [0.25, 0.3) is 5.91 Å². The highest BCUT2D eigenvalue weighted by Gasteiger charge is 2.47. The fraction of sp³-hybridized carbons (Fsp3) is 0.571. The molecule has 3 heterocycles. The van der Waals surface area contributed by atoms with Crippen LogP contribution in [-0.2, 0) is 22.7 Å². The van der Waals surface area contributed by atoms with Crippen LogP contribution in [0.4, 0.5) is 0 Å². The Balaban J connectivity index is 1.27. The normalized spacial score (nSPS) is 28.4. The third-order valence-electron chi connectivity index (χ3n) is 7.01. The van der Waals surface area contributed by atoms with Gasteiger partial charge < -0.3 is 15.5 Å². The minimum atomic E-state index is -0.552. The molecule has 5 rings (SSSR count). The van der Waals surface area contributed by atoms with Gasteiger partial charge in [-0.3, -0.25) is 19.7 Å². The molecule has 3 aliphatic heterocycles. The van der Waals surface area contributed by atoms with Gasteiger partial charge in [0.05, 0.1) is 0 Å². The molecule has 0 aromatic heterocycles. The van der Waals surface area contributed by atoms with E-state index in [1.807, 2.05) is 12.1 Å². The zero-order chi connectivity index (χ0) is 19.3. The van der Waals surface area contributed by atoms with Crippen molar-refractivity contribution in [2.24, 2.45) is 5.41 Å². The van der Waals surface area contributed by atoms with Crippen LogP contribution in [0.1, 0.15) is 53.6 Å². The second-order valence-electron chi connectivity index (χ2n) is 8.68. The van der Waals surface area contributed by atoms with E-state index in [4.69, 9.17) is 0 Å². The lowest BCUT2D eigenvalue weighted by molar-refractivity contribution is -0.136. The summed E-state index contributed by atoms with van der Waals surface area (Å²) in [5.74, 6) is -0.725. The molecule has 1 aromatic carbocycles. The lowest BCUT2D eigenvalue weighted by Gasteiger charge is -2.44. The molecule has 7 nitrogen and oxygen atoms in total. The van der Waals surface area contributed by atoms with Crippen molar-refractivity contribution >= 4 is 17.7 Å². The van der Waals surface area contributed by atoms with E-state index in [2.05, 4.69) is 22.0 Å². The standard InChI is InChI=1S/C21H26N4O3/c26-18-6-5-16(19(27)24-18)25-10-14-4-3-13(8-15(14)20(25)28)9-23-17-2-1-7-21(17)11-22-12-21/h3-4,8,16-17,22-23H,1-2,5-7,9-12H2,(H,24,26,27). The summed E-state index contributed by atoms with van der Waals surface area (Å²) >= 11 is 0. The Labute approximate surface area is 164 Å². The summed E-state index contributed by atoms with van der Waals surface area (Å²) in [6, 6.07) is 6.04. The van der Waals surface area contributed by atoms with Crippen LogP contribution in [0.5, 0.6) is 0 Å². The first-order chi connectivity index (χ1) is 13.6. The average Bonchev–Trinajstić information content (AvgIpc) is 3.22. The summed E-state index contributed by atoms with van der Waals surface area (Å²) in [5.41, 5.74) is 3.18. The number of rotatable bonds is 4. The molecule has 0 radical (unpaired) electrons. The topological polar surface area (TPSA) is 90.5 Å². The van der Waals surface area contributed by atoms with Crippen LogP contribution in [0.3, 0.4) is 0 Å². The maximum Gasteiger partial charge on any atom is 0.255 e. The number of benzene rings is 1. The first kappa shape index (κ1) is 17.8. The molecule has 1 aliphatic carbocycles. The van der Waals surface area contributed by atoms with Crippen molar-refractivity contribution in [1.29, 1.82) is 0 Å². The summed E-state index contributed by atoms with van der Waals surface area (Å²) in [4.78, 5) is 38.1. The minimum absolute atomic E-state index is 0.105. The Morgan fingerprint density at radius 1 is 1.18 bits per heavy atom. The molecule has 3 N–H and O–H groups in total. The number of imide groups is 1. The summed E-state index contributed by atoms with van der Waals surface area (Å²) in [6.07, 6.45) is 4.47. The third kappa shape index (κ3) is 2.84. The number of piperidine rings is 1. The Bertz CT molecular complexity index is 848. The third-order valence-corrected chi connectivity index (χ3v) is 7.01. The minimum Gasteiger partial charge on any atom is -0.322 e. The molecule has 0 bridgehead atoms. The van der Waals surface area contributed by atoms with Gasteiger partial charge in [-0.05, 0) is 36.5 Å². The average molecular weight is 382 g/mol. The predicted octanol–water partition coefficient (Wildman–Crippen LogP) is 0.679. The van der Waals surface area contributed by atoms with E-state index in [0.29, 0.717) is 30.0 Å². The zero-order valence-corrected chi connectivity index (χ0v) is 15.9. The van der Waals surface area contributed by atoms with E-state index >= 15 is 0 Å². The van der Waals surface area contributed by atoms with E-state index in [1.165, 1.54) is 19.3 Å². The van der Waals surface area contributed by atoms with Gasteiger partial charge in [0.15, 0.2) is 0 Å². The van der Waals surface area contributed by atoms with E-state index in [-0.39, 0.29) is 24.1 Å². The highest BCUT2D eigenvalue weighted by molar-refractivity contribution is 6.05.